The number of carbonyl (C=O) groups excluding carboxylic acids is 1. The summed E-state index contributed by atoms with van der Waals surface area (Å²) in [5.74, 6) is 0.306. The van der Waals surface area contributed by atoms with Gasteiger partial charge in [0.1, 0.15) is 6.54 Å². The van der Waals surface area contributed by atoms with Crippen LogP contribution in [0.25, 0.3) is 10.8 Å². The molecule has 0 aliphatic carbocycles. The number of carbonyl (C=O) groups is 1. The molecule has 0 unspecified atom stereocenters. The van der Waals surface area contributed by atoms with Crippen LogP contribution in [0.1, 0.15) is 37.2 Å². The molecule has 0 saturated carbocycles. The maximum absolute atomic E-state index is 13.0. The highest BCUT2D eigenvalue weighted by molar-refractivity contribution is 6.31. The Labute approximate surface area is 175 Å². The maximum Gasteiger partial charge on any atom is 0.276 e. The molecule has 0 atom stereocenters. The Morgan fingerprint density at radius 2 is 1.93 bits per heavy atom. The summed E-state index contributed by atoms with van der Waals surface area (Å²) in [5.41, 5.74) is 2.54. The van der Waals surface area contributed by atoms with Crippen molar-refractivity contribution >= 4 is 28.3 Å². The zero-order valence-corrected chi connectivity index (χ0v) is 18.1. The number of amides is 1. The molecule has 0 aliphatic heterocycles. The number of hydrogen-bond donors (Lipinski definition) is 1. The fourth-order valence-corrected chi connectivity index (χ4v) is 3.68. The van der Waals surface area contributed by atoms with Gasteiger partial charge in [0.05, 0.1) is 11.6 Å². The van der Waals surface area contributed by atoms with E-state index in [0.717, 1.165) is 28.8 Å². The topological polar surface area (TPSA) is 68.9 Å². The van der Waals surface area contributed by atoms with Crippen LogP contribution in [0.4, 0.5) is 0 Å². The van der Waals surface area contributed by atoms with Crippen molar-refractivity contribution in [3.63, 3.8) is 0 Å². The van der Waals surface area contributed by atoms with Crippen LogP contribution in [0, 0.1) is 19.8 Å². The molecule has 1 aromatic carbocycles. The summed E-state index contributed by atoms with van der Waals surface area (Å²) in [4.78, 5) is 25.2. The minimum Gasteiger partial charge on any atom is -0.354 e. The predicted octanol–water partition coefficient (Wildman–Crippen LogP) is 3.68. The number of aryl methyl sites for hydroxylation is 2. The van der Waals surface area contributed by atoms with Crippen LogP contribution in [-0.2, 0) is 17.9 Å². The zero-order chi connectivity index (χ0) is 21.1. The Morgan fingerprint density at radius 3 is 2.62 bits per heavy atom. The molecule has 0 fully saturated rings. The van der Waals surface area contributed by atoms with Gasteiger partial charge in [-0.25, -0.2) is 4.68 Å². The minimum atomic E-state index is -0.250. The van der Waals surface area contributed by atoms with Gasteiger partial charge in [-0.15, -0.1) is 0 Å². The molecule has 29 heavy (non-hydrogen) atoms. The molecule has 2 heterocycles. The fraction of sp³-hybridized carbons (Fsp3) is 0.409. The molecule has 7 heteroatoms. The lowest BCUT2D eigenvalue weighted by molar-refractivity contribution is -0.121. The number of halogens is 1. The van der Waals surface area contributed by atoms with Gasteiger partial charge in [0, 0.05) is 34.9 Å². The molecule has 3 aromatic rings. The second-order valence-electron chi connectivity index (χ2n) is 7.78. The molecule has 0 spiro atoms. The van der Waals surface area contributed by atoms with Gasteiger partial charge in [0.2, 0.25) is 5.91 Å². The quantitative estimate of drug-likeness (QED) is 0.641. The van der Waals surface area contributed by atoms with Crippen molar-refractivity contribution in [2.45, 2.75) is 47.2 Å². The van der Waals surface area contributed by atoms with Crippen molar-refractivity contribution in [2.75, 3.05) is 6.54 Å². The number of nitrogens with one attached hydrogen (secondary N) is 1. The number of fused-ring (bicyclic) bond motifs is 1. The Bertz CT molecular complexity index is 1100. The van der Waals surface area contributed by atoms with E-state index in [4.69, 9.17) is 11.6 Å². The monoisotopic (exact) mass is 414 g/mol. The van der Waals surface area contributed by atoms with E-state index in [2.05, 4.69) is 28.8 Å². The van der Waals surface area contributed by atoms with Crippen LogP contribution in [0.3, 0.4) is 0 Å². The zero-order valence-electron chi connectivity index (χ0n) is 17.3. The molecule has 2 aromatic heterocycles. The number of benzene rings is 1. The van der Waals surface area contributed by atoms with E-state index < -0.39 is 0 Å². The molecule has 3 rings (SSSR count). The summed E-state index contributed by atoms with van der Waals surface area (Å²) in [6.45, 7) is 9.17. The van der Waals surface area contributed by atoms with E-state index in [9.17, 15) is 9.59 Å². The van der Waals surface area contributed by atoms with E-state index in [-0.39, 0.29) is 18.0 Å². The summed E-state index contributed by atoms with van der Waals surface area (Å²) >= 11 is 6.32. The molecule has 0 saturated heterocycles. The predicted molar refractivity (Wildman–Crippen MR) is 116 cm³/mol. The van der Waals surface area contributed by atoms with Crippen LogP contribution in [0.5, 0.6) is 0 Å². The SMILES string of the molecule is Cc1c2cnn(CC(=O)NCCC(C)C)c(=O)c2c(C)n1Cc1ccccc1Cl. The lowest BCUT2D eigenvalue weighted by Gasteiger charge is -2.10. The van der Waals surface area contributed by atoms with E-state index in [1.54, 1.807) is 6.20 Å². The molecule has 154 valence electrons. The lowest BCUT2D eigenvalue weighted by Crippen LogP contribution is -2.34. The number of nitrogens with zero attached hydrogens (tertiary/aromatic N) is 3. The second kappa shape index (κ2) is 8.82. The average molecular weight is 415 g/mol. The van der Waals surface area contributed by atoms with Gasteiger partial charge in [-0.3, -0.25) is 9.59 Å². The Hall–Kier alpha value is -2.60. The highest BCUT2D eigenvalue weighted by atomic mass is 35.5. The van der Waals surface area contributed by atoms with Gasteiger partial charge in [-0.05, 0) is 37.8 Å². The maximum atomic E-state index is 13.0. The molecule has 0 bridgehead atoms. The first-order valence-corrected chi connectivity index (χ1v) is 10.2. The van der Waals surface area contributed by atoms with Crippen LogP contribution >= 0.6 is 11.6 Å². The number of rotatable bonds is 7. The lowest BCUT2D eigenvalue weighted by atomic mass is 10.1. The molecular formula is C22H27ClN4O2. The van der Waals surface area contributed by atoms with Crippen molar-refractivity contribution in [3.05, 3.63) is 62.8 Å². The van der Waals surface area contributed by atoms with Crippen LogP contribution < -0.4 is 10.9 Å². The van der Waals surface area contributed by atoms with E-state index in [0.29, 0.717) is 29.4 Å². The van der Waals surface area contributed by atoms with Gasteiger partial charge in [0.15, 0.2) is 0 Å². The van der Waals surface area contributed by atoms with E-state index in [1.165, 1.54) is 4.68 Å². The molecule has 1 N–H and O–H groups in total. The highest BCUT2D eigenvalue weighted by Crippen LogP contribution is 2.25. The fourth-order valence-electron chi connectivity index (χ4n) is 3.48. The minimum absolute atomic E-state index is 0.0823. The third-order valence-electron chi connectivity index (χ3n) is 5.23. The number of hydrogen-bond acceptors (Lipinski definition) is 3. The van der Waals surface area contributed by atoms with Gasteiger partial charge in [-0.2, -0.15) is 5.10 Å². The third kappa shape index (κ3) is 4.53. The van der Waals surface area contributed by atoms with Crippen LogP contribution in [0.2, 0.25) is 5.02 Å². The summed E-state index contributed by atoms with van der Waals surface area (Å²) < 4.78 is 3.31. The molecular weight excluding hydrogens is 388 g/mol. The summed E-state index contributed by atoms with van der Waals surface area (Å²) in [7, 11) is 0. The van der Waals surface area contributed by atoms with Crippen LogP contribution in [0.15, 0.2) is 35.3 Å². The molecule has 1 amide bonds. The van der Waals surface area contributed by atoms with Gasteiger partial charge in [-0.1, -0.05) is 43.6 Å². The summed E-state index contributed by atoms with van der Waals surface area (Å²) in [6, 6.07) is 7.68. The van der Waals surface area contributed by atoms with Crippen molar-refractivity contribution in [1.82, 2.24) is 19.7 Å². The average Bonchev–Trinajstić information content (AvgIpc) is 2.90. The van der Waals surface area contributed by atoms with Crippen molar-refractivity contribution in [3.8, 4) is 0 Å². The first-order valence-electron chi connectivity index (χ1n) is 9.85. The summed E-state index contributed by atoms with van der Waals surface area (Å²) in [6.07, 6.45) is 2.57. The Kier molecular flexibility index (Phi) is 6.42. The second-order valence-corrected chi connectivity index (χ2v) is 8.18. The molecule has 6 nitrogen and oxygen atoms in total. The first kappa shape index (κ1) is 21.1. The van der Waals surface area contributed by atoms with Gasteiger partial charge in [0.25, 0.3) is 5.56 Å². The Morgan fingerprint density at radius 1 is 1.21 bits per heavy atom. The van der Waals surface area contributed by atoms with Crippen LogP contribution in [-0.4, -0.2) is 26.8 Å². The molecule has 0 radical (unpaired) electrons. The number of aromatic nitrogens is 3. The van der Waals surface area contributed by atoms with Gasteiger partial charge >= 0.3 is 0 Å². The standard InChI is InChI=1S/C22H27ClN4O2/c1-14(2)9-10-24-20(28)13-27-22(29)21-16(4)26(15(3)18(21)11-25-27)12-17-7-5-6-8-19(17)23/h5-8,11,14H,9-10,12-13H2,1-4H3,(H,24,28). The van der Waals surface area contributed by atoms with Crippen molar-refractivity contribution in [1.29, 1.82) is 0 Å². The largest absolute Gasteiger partial charge is 0.354 e. The smallest absolute Gasteiger partial charge is 0.276 e. The van der Waals surface area contributed by atoms with E-state index in [1.807, 2.05) is 38.1 Å². The normalized spacial score (nSPS) is 11.4. The Balaban J connectivity index is 1.90. The summed E-state index contributed by atoms with van der Waals surface area (Å²) in [5, 5.41) is 9.17. The van der Waals surface area contributed by atoms with Crippen molar-refractivity contribution in [2.24, 2.45) is 5.92 Å². The first-order chi connectivity index (χ1) is 13.8. The molecule has 0 aliphatic rings. The van der Waals surface area contributed by atoms with Crippen molar-refractivity contribution < 1.29 is 4.79 Å². The van der Waals surface area contributed by atoms with Gasteiger partial charge < -0.3 is 9.88 Å². The third-order valence-corrected chi connectivity index (χ3v) is 5.60. The van der Waals surface area contributed by atoms with E-state index >= 15 is 0 Å². The highest BCUT2D eigenvalue weighted by Gasteiger charge is 2.18.